The number of anilines is 1. The Labute approximate surface area is 209 Å². The summed E-state index contributed by atoms with van der Waals surface area (Å²) in [6.07, 6.45) is 3.99. The van der Waals surface area contributed by atoms with E-state index in [2.05, 4.69) is 59.8 Å². The first-order valence-electron chi connectivity index (χ1n) is 12.3. The van der Waals surface area contributed by atoms with Gasteiger partial charge < -0.3 is 4.90 Å². The minimum absolute atomic E-state index is 0.0787. The van der Waals surface area contributed by atoms with E-state index >= 15 is 0 Å². The van der Waals surface area contributed by atoms with Crippen LogP contribution in [0.4, 0.5) is 5.69 Å². The molecule has 0 spiro atoms. The van der Waals surface area contributed by atoms with Crippen LogP contribution in [0.2, 0.25) is 0 Å². The summed E-state index contributed by atoms with van der Waals surface area (Å²) in [7, 11) is 1.74. The third-order valence-electron chi connectivity index (χ3n) is 7.46. The lowest BCUT2D eigenvalue weighted by molar-refractivity contribution is 0.101. The van der Waals surface area contributed by atoms with Crippen molar-refractivity contribution in [2.24, 2.45) is 7.05 Å². The maximum atomic E-state index is 12.9. The lowest BCUT2D eigenvalue weighted by Crippen LogP contribution is -2.59. The van der Waals surface area contributed by atoms with E-state index in [-0.39, 0.29) is 24.1 Å². The number of aromatic nitrogens is 4. The second-order valence-corrected chi connectivity index (χ2v) is 10.2. The number of imidazole rings is 1. The van der Waals surface area contributed by atoms with Gasteiger partial charge in [-0.1, -0.05) is 19.9 Å². The largest absolute Gasteiger partial charge is 0.362 e. The Morgan fingerprint density at radius 2 is 2.00 bits per heavy atom. The lowest BCUT2D eigenvalue weighted by atomic mass is 9.96. The second-order valence-electron chi connectivity index (χ2n) is 9.36. The van der Waals surface area contributed by atoms with E-state index in [4.69, 9.17) is 10.2 Å². The van der Waals surface area contributed by atoms with Crippen LogP contribution in [0.25, 0.3) is 15.9 Å². The molecule has 8 nitrogen and oxygen atoms in total. The van der Waals surface area contributed by atoms with E-state index in [1.54, 1.807) is 39.8 Å². The molecule has 182 valence electrons. The smallest absolute Gasteiger partial charge is 0.267 e. The minimum Gasteiger partial charge on any atom is -0.362 e. The number of hydrogen-bond acceptors (Lipinski definition) is 7. The van der Waals surface area contributed by atoms with Crippen molar-refractivity contribution in [3.63, 3.8) is 0 Å². The molecule has 1 aromatic carbocycles. The molecule has 0 aliphatic carbocycles. The summed E-state index contributed by atoms with van der Waals surface area (Å²) < 4.78 is 4.57. The summed E-state index contributed by atoms with van der Waals surface area (Å²) in [4.78, 5) is 27.0. The first kappa shape index (κ1) is 23.5. The fourth-order valence-electron chi connectivity index (χ4n) is 5.36. The summed E-state index contributed by atoms with van der Waals surface area (Å²) in [5, 5.41) is 9.17. The summed E-state index contributed by atoms with van der Waals surface area (Å²) in [5.74, 6) is 0. The highest BCUT2D eigenvalue weighted by Gasteiger charge is 2.36. The van der Waals surface area contributed by atoms with Gasteiger partial charge in [0.1, 0.15) is 0 Å². The molecule has 0 bridgehead atoms. The average Bonchev–Trinajstić information content (AvgIpc) is 3.52. The molecule has 4 heterocycles. The zero-order valence-corrected chi connectivity index (χ0v) is 21.5. The van der Waals surface area contributed by atoms with Crippen molar-refractivity contribution in [3.05, 3.63) is 57.6 Å². The van der Waals surface area contributed by atoms with Gasteiger partial charge in [0.05, 0.1) is 45.8 Å². The number of nitrogens with zero attached hydrogens (tertiary/aromatic N) is 7. The lowest BCUT2D eigenvalue weighted by Gasteiger charge is -2.49. The molecule has 0 N–H and O–H groups in total. The van der Waals surface area contributed by atoms with Crippen LogP contribution >= 0.6 is 11.3 Å². The van der Waals surface area contributed by atoms with E-state index in [1.165, 1.54) is 10.3 Å². The van der Waals surface area contributed by atoms with Gasteiger partial charge in [0.2, 0.25) is 0 Å². The Balaban J connectivity index is 1.51. The molecule has 1 aliphatic rings. The third-order valence-corrected chi connectivity index (χ3v) is 8.25. The van der Waals surface area contributed by atoms with Crippen molar-refractivity contribution < 1.29 is 0 Å². The Kier molecular flexibility index (Phi) is 6.34. The molecule has 4 aromatic rings. The van der Waals surface area contributed by atoms with Crippen LogP contribution in [0, 0.1) is 11.3 Å². The molecule has 0 amide bonds. The van der Waals surface area contributed by atoms with E-state index in [1.807, 2.05) is 5.51 Å². The van der Waals surface area contributed by atoms with Crippen molar-refractivity contribution >= 4 is 32.9 Å². The van der Waals surface area contributed by atoms with E-state index in [9.17, 15) is 4.79 Å². The van der Waals surface area contributed by atoms with Crippen molar-refractivity contribution in [2.45, 2.75) is 58.2 Å². The fraction of sp³-hybridized carbons (Fsp3) is 0.462. The first-order valence-corrected chi connectivity index (χ1v) is 13.1. The van der Waals surface area contributed by atoms with Gasteiger partial charge >= 0.3 is 0 Å². The highest BCUT2D eigenvalue weighted by molar-refractivity contribution is 7.16. The summed E-state index contributed by atoms with van der Waals surface area (Å²) in [6.45, 7) is 8.48. The molecular weight excluding hydrogens is 458 g/mol. The van der Waals surface area contributed by atoms with Crippen LogP contribution in [0.15, 0.2) is 40.8 Å². The molecule has 0 saturated carbocycles. The molecule has 9 heteroatoms. The number of fused-ring (bicyclic) bond motifs is 2. The molecule has 1 unspecified atom stereocenters. The zero-order chi connectivity index (χ0) is 24.7. The van der Waals surface area contributed by atoms with Crippen LogP contribution in [-0.4, -0.2) is 49.2 Å². The van der Waals surface area contributed by atoms with Gasteiger partial charge in [0, 0.05) is 44.3 Å². The Morgan fingerprint density at radius 1 is 1.20 bits per heavy atom. The molecule has 1 aliphatic heterocycles. The van der Waals surface area contributed by atoms with E-state index < -0.39 is 0 Å². The molecule has 3 aromatic heterocycles. The van der Waals surface area contributed by atoms with Crippen LogP contribution in [-0.2, 0) is 13.5 Å². The van der Waals surface area contributed by atoms with Gasteiger partial charge in [0.25, 0.3) is 5.56 Å². The SMILES string of the molecule is CC[C@H]1CN(C(C)c2ccc3ncsc3c2)[C@H](CC)CN1c1cc(=O)n(C)n2cc(CC#N)nc12. The predicted molar refractivity (Wildman–Crippen MR) is 140 cm³/mol. The van der Waals surface area contributed by atoms with Gasteiger partial charge in [0.15, 0.2) is 5.65 Å². The van der Waals surface area contributed by atoms with Crippen LogP contribution in [0.5, 0.6) is 0 Å². The quantitative estimate of drug-likeness (QED) is 0.405. The highest BCUT2D eigenvalue weighted by atomic mass is 32.1. The molecule has 1 fully saturated rings. The van der Waals surface area contributed by atoms with Gasteiger partial charge in [-0.05, 0) is 37.5 Å². The van der Waals surface area contributed by atoms with Gasteiger partial charge in [-0.3, -0.25) is 9.69 Å². The minimum atomic E-state index is -0.0787. The molecular formula is C26H31N7OS. The van der Waals surface area contributed by atoms with E-state index in [0.717, 1.165) is 42.8 Å². The number of benzene rings is 1. The van der Waals surface area contributed by atoms with E-state index in [0.29, 0.717) is 11.7 Å². The third kappa shape index (κ3) is 4.11. The first-order chi connectivity index (χ1) is 16.9. The zero-order valence-electron chi connectivity index (χ0n) is 20.7. The van der Waals surface area contributed by atoms with Crippen LogP contribution in [0.1, 0.15) is 50.9 Å². The Hall–Kier alpha value is -3.22. The van der Waals surface area contributed by atoms with Crippen molar-refractivity contribution in [1.29, 1.82) is 5.26 Å². The second kappa shape index (κ2) is 9.44. The number of aryl methyl sites for hydroxylation is 1. The van der Waals surface area contributed by atoms with Crippen molar-refractivity contribution in [3.8, 4) is 6.07 Å². The van der Waals surface area contributed by atoms with Crippen molar-refractivity contribution in [2.75, 3.05) is 18.0 Å². The summed E-state index contributed by atoms with van der Waals surface area (Å²) in [5.41, 5.74) is 6.48. The normalized spacial score (nSPS) is 19.9. The average molecular weight is 490 g/mol. The Bertz CT molecular complexity index is 1460. The number of nitriles is 1. The number of rotatable bonds is 6. The Morgan fingerprint density at radius 3 is 2.74 bits per heavy atom. The van der Waals surface area contributed by atoms with Crippen LogP contribution in [0.3, 0.4) is 0 Å². The maximum Gasteiger partial charge on any atom is 0.267 e. The fourth-order valence-corrected chi connectivity index (χ4v) is 6.08. The molecule has 3 atom stereocenters. The highest BCUT2D eigenvalue weighted by Crippen LogP contribution is 2.34. The standard InChI is InChI=1S/C26H31N7OS/c1-5-20-15-32(23-12-25(34)30(4)33-13-19(9-10-27)29-26(23)33)21(6-2)14-31(20)17(3)18-7-8-22-24(11-18)35-16-28-22/h7-8,11-13,16-17,20-21H,5-6,9,14-15H2,1-4H3/t17?,20-,21+/m1/s1. The van der Waals surface area contributed by atoms with Gasteiger partial charge in [-0.25, -0.2) is 19.2 Å². The van der Waals surface area contributed by atoms with Gasteiger partial charge in [-0.2, -0.15) is 5.26 Å². The topological polar surface area (TPSA) is 82.5 Å². The number of piperazine rings is 1. The van der Waals surface area contributed by atoms with Gasteiger partial charge in [-0.15, -0.1) is 11.3 Å². The molecule has 5 rings (SSSR count). The summed E-state index contributed by atoms with van der Waals surface area (Å²) >= 11 is 1.68. The number of hydrogen-bond donors (Lipinski definition) is 0. The maximum absolute atomic E-state index is 12.9. The predicted octanol–water partition coefficient (Wildman–Crippen LogP) is 4.15. The monoisotopic (exact) mass is 489 g/mol. The molecule has 35 heavy (non-hydrogen) atoms. The van der Waals surface area contributed by atoms with Crippen LogP contribution < -0.4 is 10.5 Å². The summed E-state index contributed by atoms with van der Waals surface area (Å²) in [6, 6.07) is 11.4. The number of thiazole rings is 1. The molecule has 0 radical (unpaired) electrons. The molecule has 1 saturated heterocycles. The van der Waals surface area contributed by atoms with Crippen molar-refractivity contribution in [1.82, 2.24) is 24.1 Å².